The Kier molecular flexibility index (Phi) is 3.40. The third-order valence-electron chi connectivity index (χ3n) is 3.12. The zero-order valence-corrected chi connectivity index (χ0v) is 10.2. The number of nitriles is 1. The fourth-order valence-electron chi connectivity index (χ4n) is 2.25. The van der Waals surface area contributed by atoms with E-state index in [1.165, 1.54) is 0 Å². The van der Waals surface area contributed by atoms with E-state index in [0.29, 0.717) is 0 Å². The Bertz CT molecular complexity index is 449. The van der Waals surface area contributed by atoms with Crippen molar-refractivity contribution >= 4 is 10.8 Å². The molecular weight excluding hydrogens is 218 g/mol. The highest BCUT2D eigenvalue weighted by Gasteiger charge is 2.32. The summed E-state index contributed by atoms with van der Waals surface area (Å²) in [5, 5.41) is 9.04. The molecule has 0 aliphatic heterocycles. The molecule has 1 saturated carbocycles. The molecule has 0 bridgehead atoms. The molecule has 1 aliphatic carbocycles. The van der Waals surface area contributed by atoms with Gasteiger partial charge in [-0.3, -0.25) is 4.21 Å². The topological polar surface area (TPSA) is 40.9 Å². The van der Waals surface area contributed by atoms with E-state index in [9.17, 15) is 4.21 Å². The molecule has 0 heterocycles. The van der Waals surface area contributed by atoms with Gasteiger partial charge in [-0.25, -0.2) is 0 Å². The van der Waals surface area contributed by atoms with Gasteiger partial charge in [-0.05, 0) is 37.5 Å². The lowest BCUT2D eigenvalue weighted by atomic mass is 10.1. The van der Waals surface area contributed by atoms with Crippen LogP contribution in [0.25, 0.3) is 0 Å². The van der Waals surface area contributed by atoms with Gasteiger partial charge in [-0.2, -0.15) is 5.26 Å². The summed E-state index contributed by atoms with van der Waals surface area (Å²) in [4.78, 5) is 0.868. The van der Waals surface area contributed by atoms with Crippen molar-refractivity contribution in [3.63, 3.8) is 0 Å². The Morgan fingerprint density at radius 3 is 2.94 bits per heavy atom. The van der Waals surface area contributed by atoms with E-state index < -0.39 is 10.8 Å². The van der Waals surface area contributed by atoms with Gasteiger partial charge in [-0.15, -0.1) is 0 Å². The second-order valence-electron chi connectivity index (χ2n) is 4.32. The van der Waals surface area contributed by atoms with Gasteiger partial charge >= 0.3 is 0 Å². The van der Waals surface area contributed by atoms with E-state index in [1.54, 1.807) is 0 Å². The van der Waals surface area contributed by atoms with Crippen molar-refractivity contribution in [3.8, 4) is 6.07 Å². The Morgan fingerprint density at radius 2 is 2.25 bits per heavy atom. The van der Waals surface area contributed by atoms with Crippen LogP contribution in [0.4, 0.5) is 0 Å². The molecule has 0 radical (unpaired) electrons. The van der Waals surface area contributed by atoms with Crippen molar-refractivity contribution in [3.05, 3.63) is 29.8 Å². The molecule has 84 valence electrons. The van der Waals surface area contributed by atoms with Gasteiger partial charge in [0.05, 0.1) is 28.0 Å². The first-order valence-corrected chi connectivity index (χ1v) is 6.80. The summed E-state index contributed by atoms with van der Waals surface area (Å²) in [6, 6.07) is 10.1. The highest BCUT2D eigenvalue weighted by Crippen LogP contribution is 2.31. The van der Waals surface area contributed by atoms with Gasteiger partial charge in [0.1, 0.15) is 0 Å². The summed E-state index contributed by atoms with van der Waals surface area (Å²) >= 11 is 0. The van der Waals surface area contributed by atoms with Gasteiger partial charge in [-0.1, -0.05) is 18.6 Å². The van der Waals surface area contributed by atoms with Crippen LogP contribution in [0.2, 0.25) is 0 Å². The monoisotopic (exact) mass is 233 g/mol. The molecule has 1 aromatic rings. The van der Waals surface area contributed by atoms with Crippen LogP contribution >= 0.6 is 0 Å². The maximum atomic E-state index is 12.3. The lowest BCUT2D eigenvalue weighted by molar-refractivity contribution is 0.645. The first-order chi connectivity index (χ1) is 7.72. The third-order valence-corrected chi connectivity index (χ3v) is 4.95. The maximum absolute atomic E-state index is 12.3. The minimum atomic E-state index is -1.02. The van der Waals surface area contributed by atoms with Gasteiger partial charge in [0.2, 0.25) is 0 Å². The van der Waals surface area contributed by atoms with Crippen LogP contribution in [-0.4, -0.2) is 9.46 Å². The highest BCUT2D eigenvalue weighted by molar-refractivity contribution is 7.85. The Balaban J connectivity index is 2.23. The number of hydrogen-bond acceptors (Lipinski definition) is 2. The van der Waals surface area contributed by atoms with Crippen LogP contribution in [-0.2, 0) is 10.8 Å². The smallest absolute Gasteiger partial charge is 0.0668 e. The molecule has 0 spiro atoms. The largest absolute Gasteiger partial charge is 0.254 e. The van der Waals surface area contributed by atoms with E-state index >= 15 is 0 Å². The Morgan fingerprint density at radius 1 is 1.44 bits per heavy atom. The summed E-state index contributed by atoms with van der Waals surface area (Å²) in [5.74, 6) is -0.0265. The molecule has 2 nitrogen and oxygen atoms in total. The van der Waals surface area contributed by atoms with Crippen molar-refractivity contribution in [1.82, 2.24) is 0 Å². The minimum Gasteiger partial charge on any atom is -0.254 e. The van der Waals surface area contributed by atoms with E-state index in [0.717, 1.165) is 29.7 Å². The SMILES string of the molecule is Cc1cccc(S(=O)C2CCCC2C#N)c1. The Hall–Kier alpha value is -1.14. The van der Waals surface area contributed by atoms with Gasteiger partial charge in [0.25, 0.3) is 0 Å². The number of rotatable bonds is 2. The number of nitrogens with zero attached hydrogens (tertiary/aromatic N) is 1. The molecule has 3 atom stereocenters. The summed E-state index contributed by atoms with van der Waals surface area (Å²) in [6.07, 6.45) is 2.85. The first kappa shape index (κ1) is 11.3. The number of hydrogen-bond donors (Lipinski definition) is 0. The van der Waals surface area contributed by atoms with Crippen LogP contribution in [0.15, 0.2) is 29.2 Å². The average Bonchev–Trinajstić information content (AvgIpc) is 2.76. The molecule has 16 heavy (non-hydrogen) atoms. The fraction of sp³-hybridized carbons (Fsp3) is 0.462. The predicted octanol–water partition coefficient (Wildman–Crippen LogP) is 2.79. The van der Waals surface area contributed by atoms with Gasteiger partial charge in [0.15, 0.2) is 0 Å². The zero-order valence-electron chi connectivity index (χ0n) is 9.35. The molecule has 1 aromatic carbocycles. The normalized spacial score (nSPS) is 26.2. The van der Waals surface area contributed by atoms with E-state index in [1.807, 2.05) is 31.2 Å². The van der Waals surface area contributed by atoms with Crippen LogP contribution in [0, 0.1) is 24.2 Å². The number of aryl methyl sites for hydroxylation is 1. The van der Waals surface area contributed by atoms with Crippen LogP contribution in [0.1, 0.15) is 24.8 Å². The maximum Gasteiger partial charge on any atom is 0.0668 e. The molecule has 0 saturated heterocycles. The van der Waals surface area contributed by atoms with Crippen molar-refractivity contribution in [2.45, 2.75) is 36.3 Å². The molecule has 0 amide bonds. The van der Waals surface area contributed by atoms with E-state index in [-0.39, 0.29) is 11.2 Å². The lowest BCUT2D eigenvalue weighted by Crippen LogP contribution is -2.19. The van der Waals surface area contributed by atoms with Crippen molar-refractivity contribution in [1.29, 1.82) is 5.26 Å². The molecule has 0 aromatic heterocycles. The fourth-order valence-corrected chi connectivity index (χ4v) is 3.99. The highest BCUT2D eigenvalue weighted by atomic mass is 32.2. The van der Waals surface area contributed by atoms with Crippen LogP contribution in [0.5, 0.6) is 0 Å². The summed E-state index contributed by atoms with van der Waals surface area (Å²) in [6.45, 7) is 2.00. The molecule has 1 aliphatic rings. The zero-order chi connectivity index (χ0) is 11.5. The molecule has 3 heteroatoms. The molecule has 3 unspecified atom stereocenters. The van der Waals surface area contributed by atoms with Gasteiger partial charge in [0, 0.05) is 4.90 Å². The molecule has 1 fully saturated rings. The van der Waals surface area contributed by atoms with Crippen molar-refractivity contribution in [2.24, 2.45) is 5.92 Å². The van der Waals surface area contributed by atoms with E-state index in [2.05, 4.69) is 6.07 Å². The average molecular weight is 233 g/mol. The minimum absolute atomic E-state index is 0.0265. The molecular formula is C13H15NOS. The second kappa shape index (κ2) is 4.80. The predicted molar refractivity (Wildman–Crippen MR) is 64.3 cm³/mol. The summed E-state index contributed by atoms with van der Waals surface area (Å²) in [5.41, 5.74) is 1.12. The van der Waals surface area contributed by atoms with Crippen LogP contribution in [0.3, 0.4) is 0 Å². The summed E-state index contributed by atoms with van der Waals surface area (Å²) < 4.78 is 12.3. The number of benzene rings is 1. The standard InChI is InChI=1S/C13H15NOS/c1-10-4-2-6-12(8-10)16(15)13-7-3-5-11(13)9-14/h2,4,6,8,11,13H,3,5,7H2,1H3. The second-order valence-corrected chi connectivity index (χ2v) is 5.99. The molecule has 2 rings (SSSR count). The third kappa shape index (κ3) is 2.17. The first-order valence-electron chi connectivity index (χ1n) is 5.59. The van der Waals surface area contributed by atoms with Gasteiger partial charge < -0.3 is 0 Å². The lowest BCUT2D eigenvalue weighted by Gasteiger charge is -2.13. The Labute approximate surface area is 98.7 Å². The van der Waals surface area contributed by atoms with Crippen molar-refractivity contribution in [2.75, 3.05) is 0 Å². The van der Waals surface area contributed by atoms with E-state index in [4.69, 9.17) is 5.26 Å². The molecule has 0 N–H and O–H groups in total. The van der Waals surface area contributed by atoms with Crippen LogP contribution < -0.4 is 0 Å². The quantitative estimate of drug-likeness (QED) is 0.788. The van der Waals surface area contributed by atoms with Crippen molar-refractivity contribution < 1.29 is 4.21 Å². The summed E-state index contributed by atoms with van der Waals surface area (Å²) in [7, 11) is -1.02.